The molecule has 1 N–H and O–H groups in total. The van der Waals surface area contributed by atoms with E-state index in [4.69, 9.17) is 0 Å². The maximum Gasteiger partial charge on any atom is 0.238 e. The predicted molar refractivity (Wildman–Crippen MR) is 71.8 cm³/mol. The molecule has 1 unspecified atom stereocenters. The number of rotatable bonds is 6. The number of sulfone groups is 1. The molecule has 0 aliphatic heterocycles. The topological polar surface area (TPSA) is 63.2 Å². The van der Waals surface area contributed by atoms with E-state index in [1.807, 2.05) is 6.92 Å². The van der Waals surface area contributed by atoms with Crippen LogP contribution < -0.4 is 5.32 Å². The molecule has 19 heavy (non-hydrogen) atoms. The highest BCUT2D eigenvalue weighted by atomic mass is 32.2. The fourth-order valence-electron chi connectivity index (χ4n) is 1.54. The average Bonchev–Trinajstić information content (AvgIpc) is 2.34. The number of amides is 1. The van der Waals surface area contributed by atoms with Crippen LogP contribution in [0, 0.1) is 5.82 Å². The third-order valence-corrected chi connectivity index (χ3v) is 4.74. The molecule has 1 rings (SSSR count). The first-order valence-corrected chi connectivity index (χ1v) is 7.82. The van der Waals surface area contributed by atoms with Crippen LogP contribution in [0.3, 0.4) is 0 Å². The lowest BCUT2D eigenvalue weighted by Gasteiger charge is -2.13. The Morgan fingerprint density at radius 2 is 2.11 bits per heavy atom. The Bertz CT molecular complexity index is 543. The largest absolute Gasteiger partial charge is 0.355 e. The van der Waals surface area contributed by atoms with Crippen LogP contribution in [-0.2, 0) is 20.4 Å². The molecule has 1 aromatic rings. The smallest absolute Gasteiger partial charge is 0.238 e. The number of carbonyl (C=O) groups excluding carboxylic acids is 1. The van der Waals surface area contributed by atoms with Crippen molar-refractivity contribution >= 4 is 15.7 Å². The lowest BCUT2D eigenvalue weighted by atomic mass is 10.2. The maximum atomic E-state index is 13.0. The minimum atomic E-state index is -3.64. The van der Waals surface area contributed by atoms with Crippen molar-refractivity contribution in [2.45, 2.75) is 31.3 Å². The van der Waals surface area contributed by atoms with Crippen molar-refractivity contribution in [3.05, 3.63) is 35.6 Å². The highest BCUT2D eigenvalue weighted by molar-refractivity contribution is 7.92. The van der Waals surface area contributed by atoms with Crippen LogP contribution in [0.15, 0.2) is 24.3 Å². The van der Waals surface area contributed by atoms with Crippen LogP contribution >= 0.6 is 0 Å². The molecule has 0 saturated heterocycles. The summed E-state index contributed by atoms with van der Waals surface area (Å²) in [5, 5.41) is 1.41. The van der Waals surface area contributed by atoms with Crippen LogP contribution in [0.5, 0.6) is 0 Å². The first-order chi connectivity index (χ1) is 8.86. The Morgan fingerprint density at radius 3 is 2.68 bits per heavy atom. The van der Waals surface area contributed by atoms with E-state index < -0.39 is 26.8 Å². The van der Waals surface area contributed by atoms with E-state index >= 15 is 0 Å². The molecule has 0 fully saturated rings. The van der Waals surface area contributed by atoms with Crippen LogP contribution in [0.2, 0.25) is 0 Å². The second-order valence-electron chi connectivity index (χ2n) is 4.37. The average molecular weight is 287 g/mol. The Labute approximate surface area is 112 Å². The molecule has 0 heterocycles. The van der Waals surface area contributed by atoms with E-state index in [1.165, 1.54) is 25.1 Å². The Balaban J connectivity index is 2.78. The summed E-state index contributed by atoms with van der Waals surface area (Å²) in [6, 6.07) is 5.38. The highest BCUT2D eigenvalue weighted by Gasteiger charge is 2.27. The van der Waals surface area contributed by atoms with Gasteiger partial charge >= 0.3 is 0 Å². The van der Waals surface area contributed by atoms with Gasteiger partial charge in [-0.05, 0) is 31.0 Å². The molecular weight excluding hydrogens is 269 g/mol. The molecule has 0 saturated carbocycles. The lowest BCUT2D eigenvalue weighted by Crippen LogP contribution is -2.38. The van der Waals surface area contributed by atoms with Crippen molar-refractivity contribution in [1.82, 2.24) is 5.32 Å². The number of carbonyl (C=O) groups is 1. The minimum Gasteiger partial charge on any atom is -0.355 e. The Hall–Kier alpha value is -1.43. The van der Waals surface area contributed by atoms with Crippen molar-refractivity contribution in [1.29, 1.82) is 0 Å². The number of hydrogen-bond acceptors (Lipinski definition) is 3. The molecule has 0 aliphatic rings. The van der Waals surface area contributed by atoms with E-state index in [0.717, 1.165) is 12.5 Å². The van der Waals surface area contributed by atoms with Crippen LogP contribution in [-0.4, -0.2) is 26.1 Å². The molecule has 0 radical (unpaired) electrons. The summed E-state index contributed by atoms with van der Waals surface area (Å²) >= 11 is 0. The third kappa shape index (κ3) is 4.63. The molecule has 1 amide bonds. The molecule has 0 aromatic heterocycles. The van der Waals surface area contributed by atoms with Crippen LogP contribution in [0.1, 0.15) is 25.8 Å². The van der Waals surface area contributed by atoms with Gasteiger partial charge in [0.05, 0.1) is 5.75 Å². The van der Waals surface area contributed by atoms with Gasteiger partial charge in [-0.25, -0.2) is 12.8 Å². The summed E-state index contributed by atoms with van der Waals surface area (Å²) in [4.78, 5) is 11.6. The van der Waals surface area contributed by atoms with E-state index in [9.17, 15) is 17.6 Å². The van der Waals surface area contributed by atoms with E-state index in [1.54, 1.807) is 0 Å². The normalized spacial score (nSPS) is 13.0. The fourth-order valence-corrected chi connectivity index (χ4v) is 2.84. The van der Waals surface area contributed by atoms with Gasteiger partial charge in [0.25, 0.3) is 0 Å². The summed E-state index contributed by atoms with van der Waals surface area (Å²) in [5.41, 5.74) is 0.343. The maximum absolute atomic E-state index is 13.0. The van der Waals surface area contributed by atoms with Gasteiger partial charge in [-0.2, -0.15) is 0 Å². The molecule has 0 spiro atoms. The third-order valence-electron chi connectivity index (χ3n) is 2.71. The predicted octanol–water partition coefficient (Wildman–Crippen LogP) is 1.66. The van der Waals surface area contributed by atoms with Crippen molar-refractivity contribution in [2.75, 3.05) is 6.54 Å². The zero-order chi connectivity index (χ0) is 14.5. The summed E-state index contributed by atoms with van der Waals surface area (Å²) in [7, 11) is -3.64. The van der Waals surface area contributed by atoms with Crippen LogP contribution in [0.4, 0.5) is 4.39 Å². The first-order valence-electron chi connectivity index (χ1n) is 6.10. The van der Waals surface area contributed by atoms with Crippen LogP contribution in [0.25, 0.3) is 0 Å². The molecule has 106 valence electrons. The Kier molecular flexibility index (Phi) is 5.47. The molecule has 6 heteroatoms. The van der Waals surface area contributed by atoms with Gasteiger partial charge in [0, 0.05) is 6.54 Å². The van der Waals surface area contributed by atoms with E-state index in [-0.39, 0.29) is 5.75 Å². The van der Waals surface area contributed by atoms with Crippen molar-refractivity contribution in [3.8, 4) is 0 Å². The molecule has 4 nitrogen and oxygen atoms in total. The summed E-state index contributed by atoms with van der Waals surface area (Å²) < 4.78 is 37.1. The zero-order valence-electron chi connectivity index (χ0n) is 11.0. The minimum absolute atomic E-state index is 0.342. The summed E-state index contributed by atoms with van der Waals surface area (Å²) in [5.74, 6) is -1.35. The van der Waals surface area contributed by atoms with Gasteiger partial charge in [-0.15, -0.1) is 0 Å². The molecule has 1 aromatic carbocycles. The van der Waals surface area contributed by atoms with Gasteiger partial charge in [0.15, 0.2) is 9.84 Å². The summed E-state index contributed by atoms with van der Waals surface area (Å²) in [6.45, 7) is 3.67. The highest BCUT2D eigenvalue weighted by Crippen LogP contribution is 2.12. The van der Waals surface area contributed by atoms with Gasteiger partial charge in [-0.1, -0.05) is 19.1 Å². The van der Waals surface area contributed by atoms with Gasteiger partial charge in [-0.3, -0.25) is 4.79 Å². The molecule has 0 bridgehead atoms. The zero-order valence-corrected chi connectivity index (χ0v) is 11.8. The quantitative estimate of drug-likeness (QED) is 0.865. The molecular formula is C13H18FNO3S. The van der Waals surface area contributed by atoms with Gasteiger partial charge < -0.3 is 5.32 Å². The number of hydrogen-bond donors (Lipinski definition) is 1. The summed E-state index contributed by atoms with van der Waals surface area (Å²) in [6.07, 6.45) is 0.738. The number of nitrogens with one attached hydrogen (secondary N) is 1. The van der Waals surface area contributed by atoms with Gasteiger partial charge in [0.1, 0.15) is 11.1 Å². The van der Waals surface area contributed by atoms with Gasteiger partial charge in [0.2, 0.25) is 5.91 Å². The van der Waals surface area contributed by atoms with Crippen molar-refractivity contribution < 1.29 is 17.6 Å². The Morgan fingerprint density at radius 1 is 1.42 bits per heavy atom. The van der Waals surface area contributed by atoms with E-state index in [0.29, 0.717) is 12.1 Å². The second kappa shape index (κ2) is 6.65. The molecule has 1 atom stereocenters. The second-order valence-corrected chi connectivity index (χ2v) is 6.69. The number of halogens is 1. The first kappa shape index (κ1) is 15.6. The van der Waals surface area contributed by atoms with Crippen molar-refractivity contribution in [2.24, 2.45) is 0 Å². The fraction of sp³-hybridized carbons (Fsp3) is 0.462. The standard InChI is InChI=1S/C13H18FNO3S/c1-3-7-15-13(16)10(2)19(17,18)9-11-5-4-6-12(14)8-11/h4-6,8,10H,3,7,9H2,1-2H3,(H,15,16). The number of benzene rings is 1. The lowest BCUT2D eigenvalue weighted by molar-refractivity contribution is -0.120. The monoisotopic (exact) mass is 287 g/mol. The van der Waals surface area contributed by atoms with Crippen molar-refractivity contribution in [3.63, 3.8) is 0 Å². The van der Waals surface area contributed by atoms with E-state index in [2.05, 4.69) is 5.32 Å². The SMILES string of the molecule is CCCNC(=O)C(C)S(=O)(=O)Cc1cccc(F)c1. The molecule has 0 aliphatic carbocycles.